The lowest BCUT2D eigenvalue weighted by atomic mass is 10.0. The summed E-state index contributed by atoms with van der Waals surface area (Å²) in [7, 11) is 1.83. The summed E-state index contributed by atoms with van der Waals surface area (Å²) in [5.74, 6) is 0.380. The fourth-order valence-corrected chi connectivity index (χ4v) is 5.25. The van der Waals surface area contributed by atoms with Crippen molar-refractivity contribution < 1.29 is 4.79 Å². The molecule has 0 fully saturated rings. The number of anilines is 2. The Balaban J connectivity index is 1.67. The van der Waals surface area contributed by atoms with Gasteiger partial charge in [0.15, 0.2) is 8.29 Å². The fourth-order valence-electron chi connectivity index (χ4n) is 3.12. The van der Waals surface area contributed by atoms with Crippen molar-refractivity contribution in [3.8, 4) is 0 Å². The molecule has 4 nitrogen and oxygen atoms in total. The van der Waals surface area contributed by atoms with Crippen molar-refractivity contribution >= 4 is 52.6 Å². The van der Waals surface area contributed by atoms with Crippen LogP contribution in [0.1, 0.15) is 11.1 Å². The molecule has 0 bridgehead atoms. The monoisotopic (exact) mass is 399 g/mol. The highest BCUT2D eigenvalue weighted by molar-refractivity contribution is 8.01. The second-order valence-electron chi connectivity index (χ2n) is 6.03. The van der Waals surface area contributed by atoms with E-state index in [0.29, 0.717) is 9.71 Å². The van der Waals surface area contributed by atoms with Crippen LogP contribution in [-0.2, 0) is 24.7 Å². The molecule has 0 saturated heterocycles. The first kappa shape index (κ1) is 17.5. The molecule has 0 saturated carbocycles. The molecule has 0 radical (unpaired) electrons. The highest BCUT2D eigenvalue weighted by Crippen LogP contribution is 2.36. The molecule has 4 rings (SSSR count). The van der Waals surface area contributed by atoms with E-state index in [-0.39, 0.29) is 5.91 Å². The normalized spacial score (nSPS) is 13.0. The summed E-state index contributed by atoms with van der Waals surface area (Å²) in [4.78, 5) is 15.1. The predicted octanol–water partition coefficient (Wildman–Crippen LogP) is 4.77. The lowest BCUT2D eigenvalue weighted by Crippen LogP contribution is -2.28. The minimum absolute atomic E-state index is 0.0561. The van der Waals surface area contributed by atoms with Crippen molar-refractivity contribution in [1.29, 1.82) is 0 Å². The number of amides is 1. The second-order valence-corrected chi connectivity index (χ2v) is 8.88. The van der Waals surface area contributed by atoms with Gasteiger partial charge in [-0.05, 0) is 48.3 Å². The smallest absolute Gasteiger partial charge is 0.242 e. The van der Waals surface area contributed by atoms with E-state index in [9.17, 15) is 4.79 Å². The quantitative estimate of drug-likeness (QED) is 0.470. The molecule has 0 spiro atoms. The molecule has 2 aromatic carbocycles. The molecule has 2 heterocycles. The van der Waals surface area contributed by atoms with Crippen molar-refractivity contribution in [2.24, 2.45) is 7.05 Å². The van der Waals surface area contributed by atoms with Crippen LogP contribution < -0.4 is 4.90 Å². The predicted molar refractivity (Wildman–Crippen MR) is 110 cm³/mol. The molecule has 0 atom stereocenters. The summed E-state index contributed by atoms with van der Waals surface area (Å²) in [5.41, 5.74) is 4.37. The van der Waals surface area contributed by atoms with Gasteiger partial charge >= 0.3 is 0 Å². The van der Waals surface area contributed by atoms with E-state index in [1.54, 1.807) is 4.68 Å². The van der Waals surface area contributed by atoms with Crippen LogP contribution in [0, 0.1) is 3.95 Å². The summed E-state index contributed by atoms with van der Waals surface area (Å²) in [5, 5.41) is 4.36. The lowest BCUT2D eigenvalue weighted by molar-refractivity contribution is -0.115. The Kier molecular flexibility index (Phi) is 4.93. The number of benzene rings is 2. The van der Waals surface area contributed by atoms with E-state index >= 15 is 0 Å². The maximum atomic E-state index is 13.2. The third kappa shape index (κ3) is 3.34. The average Bonchev–Trinajstić information content (AvgIpc) is 2.88. The van der Waals surface area contributed by atoms with Crippen LogP contribution >= 0.6 is 35.3 Å². The number of para-hydroxylation sites is 2. The molecule has 26 heavy (non-hydrogen) atoms. The molecule has 3 aromatic rings. The van der Waals surface area contributed by atoms with Gasteiger partial charge in [0.2, 0.25) is 5.91 Å². The summed E-state index contributed by atoms with van der Waals surface area (Å²) in [6.45, 7) is 0. The molecule has 1 aromatic heterocycles. The highest BCUT2D eigenvalue weighted by atomic mass is 32.2. The van der Waals surface area contributed by atoms with Gasteiger partial charge in [-0.25, -0.2) is 4.68 Å². The molecular weight excluding hydrogens is 382 g/mol. The first-order chi connectivity index (χ1) is 12.6. The Morgan fingerprint density at radius 1 is 1.12 bits per heavy atom. The topological polar surface area (TPSA) is 38.1 Å². The van der Waals surface area contributed by atoms with Gasteiger partial charge < -0.3 is 0 Å². The molecule has 1 aliphatic heterocycles. The fraction of sp³-hybridized carbons (Fsp3) is 0.211. The van der Waals surface area contributed by atoms with E-state index in [1.807, 2.05) is 48.3 Å². The number of carbonyl (C=O) groups is 1. The standard InChI is InChI=1S/C19H17N3OS3/c1-21-19(24)26-18(20-21)25-12-17(23)22-15-8-4-2-6-13(15)10-11-14-7-3-5-9-16(14)22/h2-9H,10-12H2,1H3. The summed E-state index contributed by atoms with van der Waals surface area (Å²) >= 11 is 8.09. The van der Waals surface area contributed by atoms with Gasteiger partial charge in [-0.15, -0.1) is 0 Å². The zero-order valence-electron chi connectivity index (χ0n) is 14.2. The summed E-state index contributed by atoms with van der Waals surface area (Å²) < 4.78 is 3.20. The average molecular weight is 400 g/mol. The third-order valence-electron chi connectivity index (χ3n) is 4.37. The Bertz CT molecular complexity index is 977. The Morgan fingerprint density at radius 2 is 1.69 bits per heavy atom. The second kappa shape index (κ2) is 7.34. The van der Waals surface area contributed by atoms with E-state index in [1.165, 1.54) is 34.2 Å². The Morgan fingerprint density at radius 3 is 2.23 bits per heavy atom. The van der Waals surface area contributed by atoms with Crippen molar-refractivity contribution in [1.82, 2.24) is 9.78 Å². The van der Waals surface area contributed by atoms with Gasteiger partial charge in [0.1, 0.15) is 0 Å². The van der Waals surface area contributed by atoms with Crippen molar-refractivity contribution in [3.63, 3.8) is 0 Å². The molecule has 1 amide bonds. The minimum Gasteiger partial charge on any atom is -0.280 e. The van der Waals surface area contributed by atoms with Gasteiger partial charge in [0.05, 0.1) is 17.1 Å². The number of thioether (sulfide) groups is 1. The maximum Gasteiger partial charge on any atom is 0.242 e. The SMILES string of the molecule is Cn1nc(SCC(=O)N2c3ccccc3CCc3ccccc32)sc1=S. The van der Waals surface area contributed by atoms with Gasteiger partial charge in [-0.1, -0.05) is 59.5 Å². The summed E-state index contributed by atoms with van der Waals surface area (Å²) in [6.07, 6.45) is 1.87. The van der Waals surface area contributed by atoms with Crippen LogP contribution in [0.15, 0.2) is 52.9 Å². The number of carbonyl (C=O) groups excluding carboxylic acids is 1. The number of rotatable bonds is 3. The van der Waals surface area contributed by atoms with Crippen LogP contribution in [0.4, 0.5) is 11.4 Å². The maximum absolute atomic E-state index is 13.2. The minimum atomic E-state index is 0.0561. The molecule has 132 valence electrons. The van der Waals surface area contributed by atoms with Crippen LogP contribution in [0.5, 0.6) is 0 Å². The third-order valence-corrected chi connectivity index (χ3v) is 6.90. The van der Waals surface area contributed by atoms with E-state index < -0.39 is 0 Å². The lowest BCUT2D eigenvalue weighted by Gasteiger charge is -2.24. The van der Waals surface area contributed by atoms with E-state index in [2.05, 4.69) is 17.2 Å². The molecule has 1 aliphatic rings. The first-order valence-corrected chi connectivity index (χ1v) is 10.5. The van der Waals surface area contributed by atoms with Gasteiger partial charge in [-0.2, -0.15) is 5.10 Å². The van der Waals surface area contributed by atoms with Crippen LogP contribution in [0.3, 0.4) is 0 Å². The Labute approximate surface area is 165 Å². The zero-order valence-corrected chi connectivity index (χ0v) is 16.7. The highest BCUT2D eigenvalue weighted by Gasteiger charge is 2.25. The number of hydrogen-bond acceptors (Lipinski definition) is 5. The largest absolute Gasteiger partial charge is 0.280 e. The summed E-state index contributed by atoms with van der Waals surface area (Å²) in [6, 6.07) is 16.3. The van der Waals surface area contributed by atoms with Crippen molar-refractivity contribution in [2.75, 3.05) is 10.7 Å². The van der Waals surface area contributed by atoms with Gasteiger partial charge in [-0.3, -0.25) is 9.69 Å². The van der Waals surface area contributed by atoms with Crippen LogP contribution in [0.2, 0.25) is 0 Å². The number of aryl methyl sites for hydroxylation is 3. The van der Waals surface area contributed by atoms with E-state index in [4.69, 9.17) is 12.2 Å². The number of nitrogens with zero attached hydrogens (tertiary/aromatic N) is 3. The molecule has 7 heteroatoms. The first-order valence-electron chi connectivity index (χ1n) is 8.29. The number of hydrogen-bond donors (Lipinski definition) is 0. The molecule has 0 unspecified atom stereocenters. The molecule has 0 aliphatic carbocycles. The van der Waals surface area contributed by atoms with Gasteiger partial charge in [0.25, 0.3) is 0 Å². The number of fused-ring (bicyclic) bond motifs is 2. The van der Waals surface area contributed by atoms with Crippen molar-refractivity contribution in [2.45, 2.75) is 17.2 Å². The number of aromatic nitrogens is 2. The van der Waals surface area contributed by atoms with Gasteiger partial charge in [0, 0.05) is 7.05 Å². The molecule has 0 N–H and O–H groups in total. The van der Waals surface area contributed by atoms with E-state index in [0.717, 1.165) is 28.6 Å². The zero-order chi connectivity index (χ0) is 18.1. The van der Waals surface area contributed by atoms with Crippen LogP contribution in [0.25, 0.3) is 0 Å². The Hall–Kier alpha value is -1.96. The molecular formula is C19H17N3OS3. The van der Waals surface area contributed by atoms with Crippen LogP contribution in [-0.4, -0.2) is 21.4 Å². The van der Waals surface area contributed by atoms with Crippen molar-refractivity contribution in [3.05, 3.63) is 63.6 Å².